The highest BCUT2D eigenvalue weighted by molar-refractivity contribution is 6.01. The van der Waals surface area contributed by atoms with Crippen molar-refractivity contribution < 1.29 is 9.53 Å². The fraction of sp³-hybridized carbons (Fsp3) is 0.533. The van der Waals surface area contributed by atoms with Crippen molar-refractivity contribution in [3.8, 4) is 0 Å². The molecule has 2 rings (SSSR count). The molecule has 18 heavy (non-hydrogen) atoms. The number of carbonyl (C=O) groups excluding carboxylic acids is 1. The van der Waals surface area contributed by atoms with Crippen molar-refractivity contribution in [2.75, 3.05) is 25.2 Å². The van der Waals surface area contributed by atoms with Crippen LogP contribution in [-0.2, 0) is 4.74 Å². The molecule has 3 heteroatoms. The van der Waals surface area contributed by atoms with Gasteiger partial charge in [0.15, 0.2) is 5.78 Å². The van der Waals surface area contributed by atoms with Gasteiger partial charge in [-0.3, -0.25) is 4.79 Å². The van der Waals surface area contributed by atoms with Crippen LogP contribution in [-0.4, -0.2) is 32.1 Å². The van der Waals surface area contributed by atoms with Crippen LogP contribution in [0.1, 0.15) is 36.5 Å². The van der Waals surface area contributed by atoms with Crippen LogP contribution >= 0.6 is 0 Å². The van der Waals surface area contributed by atoms with E-state index in [1.807, 2.05) is 31.2 Å². The summed E-state index contributed by atoms with van der Waals surface area (Å²) in [6, 6.07) is 8.38. The quantitative estimate of drug-likeness (QED) is 0.766. The average Bonchev–Trinajstić information content (AvgIpc) is 2.46. The molecule has 0 radical (unpaired) electrons. The Morgan fingerprint density at radius 3 is 2.67 bits per heavy atom. The molecule has 0 saturated carbocycles. The topological polar surface area (TPSA) is 29.5 Å². The number of rotatable bonds is 4. The molecule has 1 aliphatic rings. The van der Waals surface area contributed by atoms with Gasteiger partial charge in [0.1, 0.15) is 0 Å². The minimum absolute atomic E-state index is 0.213. The second-order valence-electron chi connectivity index (χ2n) is 4.75. The Hall–Kier alpha value is -1.35. The maximum Gasteiger partial charge on any atom is 0.164 e. The highest BCUT2D eigenvalue weighted by atomic mass is 16.5. The smallest absolute Gasteiger partial charge is 0.164 e. The van der Waals surface area contributed by atoms with Crippen LogP contribution in [0.3, 0.4) is 0 Å². The van der Waals surface area contributed by atoms with Crippen LogP contribution in [0, 0.1) is 0 Å². The number of hydrogen-bond acceptors (Lipinski definition) is 3. The number of hydrogen-bond donors (Lipinski definition) is 0. The summed E-state index contributed by atoms with van der Waals surface area (Å²) in [5, 5.41) is 0. The van der Waals surface area contributed by atoms with Gasteiger partial charge >= 0.3 is 0 Å². The minimum Gasteiger partial charge on any atom is -0.381 e. The second-order valence-corrected chi connectivity index (χ2v) is 4.75. The van der Waals surface area contributed by atoms with Gasteiger partial charge in [0.25, 0.3) is 0 Å². The third-order valence-corrected chi connectivity index (χ3v) is 3.64. The minimum atomic E-state index is 0.213. The van der Waals surface area contributed by atoms with Gasteiger partial charge in [0.2, 0.25) is 0 Å². The summed E-state index contributed by atoms with van der Waals surface area (Å²) < 4.78 is 5.39. The van der Waals surface area contributed by atoms with Gasteiger partial charge < -0.3 is 9.64 Å². The van der Waals surface area contributed by atoms with Crippen molar-refractivity contribution in [1.29, 1.82) is 0 Å². The van der Waals surface area contributed by atoms with Crippen molar-refractivity contribution in [2.24, 2.45) is 0 Å². The summed E-state index contributed by atoms with van der Waals surface area (Å²) in [5.74, 6) is 0.213. The Morgan fingerprint density at radius 1 is 1.33 bits per heavy atom. The van der Waals surface area contributed by atoms with E-state index in [1.165, 1.54) is 0 Å². The zero-order chi connectivity index (χ0) is 13.0. The van der Waals surface area contributed by atoms with Crippen LogP contribution in [0.25, 0.3) is 0 Å². The summed E-state index contributed by atoms with van der Waals surface area (Å²) in [7, 11) is 2.08. The number of ether oxygens (including phenoxy) is 1. The lowest BCUT2D eigenvalue weighted by Gasteiger charge is -2.33. The molecule has 0 spiro atoms. The van der Waals surface area contributed by atoms with Gasteiger partial charge in [-0.2, -0.15) is 0 Å². The normalized spacial score (nSPS) is 16.6. The zero-order valence-corrected chi connectivity index (χ0v) is 11.2. The summed E-state index contributed by atoms with van der Waals surface area (Å²) in [6.07, 6.45) is 2.62. The molecule has 0 amide bonds. The first kappa shape index (κ1) is 13.1. The molecule has 0 aliphatic carbocycles. The van der Waals surface area contributed by atoms with E-state index < -0.39 is 0 Å². The van der Waals surface area contributed by atoms with Gasteiger partial charge in [-0.15, -0.1) is 0 Å². The fourth-order valence-electron chi connectivity index (χ4n) is 2.48. The van der Waals surface area contributed by atoms with E-state index in [2.05, 4.69) is 11.9 Å². The van der Waals surface area contributed by atoms with Crippen LogP contribution in [0.15, 0.2) is 24.3 Å². The number of ketones is 1. The molecule has 1 aromatic carbocycles. The van der Waals surface area contributed by atoms with Crippen molar-refractivity contribution in [3.63, 3.8) is 0 Å². The predicted octanol–water partition coefficient (Wildman–Crippen LogP) is 2.89. The van der Waals surface area contributed by atoms with Crippen molar-refractivity contribution >= 4 is 11.5 Å². The molecule has 98 valence electrons. The Morgan fingerprint density at radius 2 is 2.00 bits per heavy atom. The third-order valence-electron chi connectivity index (χ3n) is 3.64. The van der Waals surface area contributed by atoms with E-state index >= 15 is 0 Å². The molecule has 0 atom stereocenters. The molecule has 0 unspecified atom stereocenters. The van der Waals surface area contributed by atoms with Gasteiger partial charge in [-0.1, -0.05) is 19.1 Å². The first-order valence-electron chi connectivity index (χ1n) is 6.67. The molecule has 1 aliphatic heterocycles. The molecular weight excluding hydrogens is 226 g/mol. The maximum atomic E-state index is 12.0. The number of anilines is 1. The van der Waals surface area contributed by atoms with Crippen LogP contribution < -0.4 is 4.90 Å². The molecule has 0 N–H and O–H groups in total. The van der Waals surface area contributed by atoms with Crippen LogP contribution in [0.5, 0.6) is 0 Å². The van der Waals surface area contributed by atoms with E-state index in [0.717, 1.165) is 37.3 Å². The number of Topliss-reactive ketones (excluding diaryl/α,β-unsaturated/α-hetero) is 1. The molecule has 3 nitrogen and oxygen atoms in total. The number of benzene rings is 1. The highest BCUT2D eigenvalue weighted by Crippen LogP contribution is 2.25. The van der Waals surface area contributed by atoms with E-state index in [-0.39, 0.29) is 5.78 Å². The molecule has 1 heterocycles. The molecule has 0 bridgehead atoms. The predicted molar refractivity (Wildman–Crippen MR) is 73.3 cm³/mol. The molecule has 1 aromatic rings. The Kier molecular flexibility index (Phi) is 4.37. The largest absolute Gasteiger partial charge is 0.381 e. The first-order chi connectivity index (χ1) is 8.74. The van der Waals surface area contributed by atoms with Crippen molar-refractivity contribution in [2.45, 2.75) is 32.2 Å². The van der Waals surface area contributed by atoms with E-state index in [9.17, 15) is 4.79 Å². The Labute approximate surface area is 109 Å². The number of carbonyl (C=O) groups is 1. The van der Waals surface area contributed by atoms with Crippen molar-refractivity contribution in [3.05, 3.63) is 29.8 Å². The average molecular weight is 247 g/mol. The standard InChI is InChI=1S/C15H21NO2/c1-3-15(17)13-6-4-5-7-14(13)16(2)12-8-10-18-11-9-12/h4-7,12H,3,8-11H2,1-2H3. The van der Waals surface area contributed by atoms with Gasteiger partial charge in [-0.05, 0) is 25.0 Å². The monoisotopic (exact) mass is 247 g/mol. The van der Waals surface area contributed by atoms with Gasteiger partial charge in [0.05, 0.1) is 0 Å². The van der Waals surface area contributed by atoms with Gasteiger partial charge in [-0.25, -0.2) is 0 Å². The summed E-state index contributed by atoms with van der Waals surface area (Å²) >= 11 is 0. The fourth-order valence-corrected chi connectivity index (χ4v) is 2.48. The zero-order valence-electron chi connectivity index (χ0n) is 11.2. The third kappa shape index (κ3) is 2.72. The van der Waals surface area contributed by atoms with Crippen LogP contribution in [0.2, 0.25) is 0 Å². The van der Waals surface area contributed by atoms with E-state index in [0.29, 0.717) is 12.5 Å². The SMILES string of the molecule is CCC(=O)c1ccccc1N(C)C1CCOCC1. The first-order valence-corrected chi connectivity index (χ1v) is 6.67. The molecular formula is C15H21NO2. The summed E-state index contributed by atoms with van der Waals surface area (Å²) in [5.41, 5.74) is 1.89. The number of para-hydroxylation sites is 1. The number of nitrogens with zero attached hydrogens (tertiary/aromatic N) is 1. The molecule has 1 saturated heterocycles. The van der Waals surface area contributed by atoms with Gasteiger partial charge in [0, 0.05) is 44.0 Å². The Bertz CT molecular complexity index is 411. The second kappa shape index (κ2) is 6.01. The lowest BCUT2D eigenvalue weighted by atomic mass is 10.0. The lowest BCUT2D eigenvalue weighted by Crippen LogP contribution is -2.37. The summed E-state index contributed by atoms with van der Waals surface area (Å²) in [6.45, 7) is 3.55. The molecule has 1 fully saturated rings. The van der Waals surface area contributed by atoms with Crippen LogP contribution in [0.4, 0.5) is 5.69 Å². The molecule has 0 aromatic heterocycles. The summed E-state index contributed by atoms with van der Waals surface area (Å²) in [4.78, 5) is 14.2. The van der Waals surface area contributed by atoms with Crippen molar-refractivity contribution in [1.82, 2.24) is 0 Å². The van der Waals surface area contributed by atoms with E-state index in [1.54, 1.807) is 0 Å². The van der Waals surface area contributed by atoms with E-state index in [4.69, 9.17) is 4.74 Å². The lowest BCUT2D eigenvalue weighted by molar-refractivity contribution is 0.0854. The Balaban J connectivity index is 2.23. The maximum absolute atomic E-state index is 12.0. The highest BCUT2D eigenvalue weighted by Gasteiger charge is 2.21.